The van der Waals surface area contributed by atoms with Crippen LogP contribution in [0.3, 0.4) is 0 Å². The monoisotopic (exact) mass is 166 g/mol. The first-order valence-corrected chi connectivity index (χ1v) is 4.45. The minimum absolute atomic E-state index is 0.164. The molecule has 0 saturated carbocycles. The van der Waals surface area contributed by atoms with Gasteiger partial charge in [-0.3, -0.25) is 14.6 Å². The van der Waals surface area contributed by atoms with Gasteiger partial charge in [0.15, 0.2) is 0 Å². The molecule has 1 aromatic heterocycles. The van der Waals surface area contributed by atoms with Crippen LogP contribution in [0.5, 0.6) is 0 Å². The number of aryl methyl sites for hydroxylation is 1. The van der Waals surface area contributed by atoms with Crippen molar-refractivity contribution in [2.45, 2.75) is 26.2 Å². The molecule has 0 bridgehead atoms. The quantitative estimate of drug-likeness (QED) is 0.609. The maximum absolute atomic E-state index is 11.5. The summed E-state index contributed by atoms with van der Waals surface area (Å²) in [7, 11) is 1.78. The second-order valence-corrected chi connectivity index (χ2v) is 3.78. The maximum Gasteiger partial charge on any atom is 0.269 e. The number of hydrogen-bond donors (Lipinski definition) is 1. The average Bonchev–Trinajstić information content (AvgIpc) is 2.28. The van der Waals surface area contributed by atoms with Gasteiger partial charge in [-0.1, -0.05) is 6.92 Å². The van der Waals surface area contributed by atoms with Crippen LogP contribution in [0.15, 0.2) is 4.79 Å². The SMILES string of the molecule is CC1CCc2c([nH]n(C)c2=O)C1. The van der Waals surface area contributed by atoms with Gasteiger partial charge in [0.2, 0.25) is 0 Å². The van der Waals surface area contributed by atoms with E-state index in [-0.39, 0.29) is 5.56 Å². The molecule has 1 N–H and O–H groups in total. The molecule has 1 aliphatic rings. The van der Waals surface area contributed by atoms with Crippen molar-refractivity contribution in [3.05, 3.63) is 21.6 Å². The van der Waals surface area contributed by atoms with E-state index >= 15 is 0 Å². The van der Waals surface area contributed by atoms with Crippen LogP contribution in [-0.2, 0) is 19.9 Å². The van der Waals surface area contributed by atoms with Gasteiger partial charge in [0, 0.05) is 18.3 Å². The molecule has 1 aliphatic carbocycles. The first-order valence-electron chi connectivity index (χ1n) is 4.45. The lowest BCUT2D eigenvalue weighted by Gasteiger charge is -2.15. The van der Waals surface area contributed by atoms with Gasteiger partial charge in [0.05, 0.1) is 0 Å². The Kier molecular flexibility index (Phi) is 1.60. The second kappa shape index (κ2) is 2.51. The molecule has 0 radical (unpaired) electrons. The van der Waals surface area contributed by atoms with Gasteiger partial charge in [-0.25, -0.2) is 0 Å². The molecule has 0 saturated heterocycles. The van der Waals surface area contributed by atoms with Crippen molar-refractivity contribution < 1.29 is 0 Å². The van der Waals surface area contributed by atoms with E-state index in [0.717, 1.165) is 36.4 Å². The first kappa shape index (κ1) is 7.65. The number of fused-ring (bicyclic) bond motifs is 1. The van der Waals surface area contributed by atoms with Crippen molar-refractivity contribution in [3.8, 4) is 0 Å². The van der Waals surface area contributed by atoms with Gasteiger partial charge in [0.25, 0.3) is 5.56 Å². The lowest BCUT2D eigenvalue weighted by atomic mass is 9.89. The summed E-state index contributed by atoms with van der Waals surface area (Å²) in [6.45, 7) is 2.23. The van der Waals surface area contributed by atoms with Crippen LogP contribution >= 0.6 is 0 Å². The fraction of sp³-hybridized carbons (Fsp3) is 0.667. The normalized spacial score (nSPS) is 22.3. The van der Waals surface area contributed by atoms with E-state index in [9.17, 15) is 4.79 Å². The summed E-state index contributed by atoms with van der Waals surface area (Å²) in [5.41, 5.74) is 2.33. The molecule has 3 nitrogen and oxygen atoms in total. The molecule has 0 aliphatic heterocycles. The molecule has 66 valence electrons. The number of rotatable bonds is 0. The zero-order chi connectivity index (χ0) is 8.72. The zero-order valence-corrected chi connectivity index (χ0v) is 7.55. The molecular weight excluding hydrogens is 152 g/mol. The summed E-state index contributed by atoms with van der Waals surface area (Å²) in [5.74, 6) is 0.718. The fourth-order valence-electron chi connectivity index (χ4n) is 1.92. The molecule has 1 aromatic rings. The Hall–Kier alpha value is -0.990. The Morgan fingerprint density at radius 1 is 1.58 bits per heavy atom. The lowest BCUT2D eigenvalue weighted by Crippen LogP contribution is -2.18. The minimum Gasteiger partial charge on any atom is -0.300 e. The van der Waals surface area contributed by atoms with Gasteiger partial charge in [-0.15, -0.1) is 0 Å². The Labute approximate surface area is 71.4 Å². The number of hydrogen-bond acceptors (Lipinski definition) is 1. The Morgan fingerprint density at radius 3 is 3.08 bits per heavy atom. The maximum atomic E-state index is 11.5. The number of aromatic nitrogens is 2. The largest absolute Gasteiger partial charge is 0.300 e. The van der Waals surface area contributed by atoms with Crippen LogP contribution in [0.1, 0.15) is 24.6 Å². The molecule has 1 unspecified atom stereocenters. The summed E-state index contributed by atoms with van der Waals surface area (Å²) in [5, 5.41) is 3.10. The predicted octanol–water partition coefficient (Wildman–Crippen LogP) is 0.838. The smallest absolute Gasteiger partial charge is 0.269 e. The molecular formula is C9H14N2O. The highest BCUT2D eigenvalue weighted by Crippen LogP contribution is 2.20. The van der Waals surface area contributed by atoms with E-state index in [1.54, 1.807) is 11.7 Å². The van der Waals surface area contributed by atoms with E-state index in [1.807, 2.05) is 0 Å². The summed E-state index contributed by atoms with van der Waals surface area (Å²) in [4.78, 5) is 11.5. The molecule has 0 amide bonds. The minimum atomic E-state index is 0.164. The topological polar surface area (TPSA) is 37.8 Å². The van der Waals surface area contributed by atoms with Gasteiger partial charge in [-0.2, -0.15) is 0 Å². The third-order valence-corrected chi connectivity index (χ3v) is 2.67. The Bertz CT molecular complexity index is 348. The third-order valence-electron chi connectivity index (χ3n) is 2.67. The molecule has 2 rings (SSSR count). The molecule has 1 heterocycles. The average molecular weight is 166 g/mol. The summed E-state index contributed by atoms with van der Waals surface area (Å²) < 4.78 is 1.59. The number of aromatic amines is 1. The van der Waals surface area contributed by atoms with Crippen molar-refractivity contribution in [1.29, 1.82) is 0 Å². The molecule has 0 aromatic carbocycles. The fourth-order valence-corrected chi connectivity index (χ4v) is 1.92. The second-order valence-electron chi connectivity index (χ2n) is 3.78. The lowest BCUT2D eigenvalue weighted by molar-refractivity contribution is 0.493. The predicted molar refractivity (Wildman–Crippen MR) is 47.2 cm³/mol. The van der Waals surface area contributed by atoms with Crippen molar-refractivity contribution in [1.82, 2.24) is 9.78 Å². The van der Waals surface area contributed by atoms with E-state index in [1.165, 1.54) is 0 Å². The van der Waals surface area contributed by atoms with Gasteiger partial charge in [-0.05, 0) is 25.2 Å². The van der Waals surface area contributed by atoms with E-state index in [4.69, 9.17) is 0 Å². The Morgan fingerprint density at radius 2 is 2.33 bits per heavy atom. The number of nitrogens with one attached hydrogen (secondary N) is 1. The summed E-state index contributed by atoms with van der Waals surface area (Å²) in [6.07, 6.45) is 3.14. The van der Waals surface area contributed by atoms with Gasteiger partial charge in [0.1, 0.15) is 0 Å². The number of H-pyrrole nitrogens is 1. The van der Waals surface area contributed by atoms with Crippen LogP contribution in [-0.4, -0.2) is 9.78 Å². The van der Waals surface area contributed by atoms with E-state index in [2.05, 4.69) is 12.0 Å². The van der Waals surface area contributed by atoms with Crippen LogP contribution in [0.2, 0.25) is 0 Å². The standard InChI is InChI=1S/C9H14N2O/c1-6-3-4-7-8(5-6)10-11(2)9(7)12/h6,10H,3-5H2,1-2H3. The summed E-state index contributed by atoms with van der Waals surface area (Å²) >= 11 is 0. The molecule has 12 heavy (non-hydrogen) atoms. The van der Waals surface area contributed by atoms with Crippen LogP contribution in [0, 0.1) is 5.92 Å². The van der Waals surface area contributed by atoms with E-state index < -0.39 is 0 Å². The highest BCUT2D eigenvalue weighted by molar-refractivity contribution is 5.20. The van der Waals surface area contributed by atoms with Crippen LogP contribution < -0.4 is 5.56 Å². The molecule has 0 spiro atoms. The van der Waals surface area contributed by atoms with Crippen molar-refractivity contribution in [2.24, 2.45) is 13.0 Å². The highest BCUT2D eigenvalue weighted by Gasteiger charge is 2.20. The number of nitrogens with zero attached hydrogens (tertiary/aromatic N) is 1. The molecule has 0 fully saturated rings. The zero-order valence-electron chi connectivity index (χ0n) is 7.55. The van der Waals surface area contributed by atoms with Crippen LogP contribution in [0.25, 0.3) is 0 Å². The first-order chi connectivity index (χ1) is 5.68. The van der Waals surface area contributed by atoms with Gasteiger partial charge < -0.3 is 0 Å². The van der Waals surface area contributed by atoms with Crippen molar-refractivity contribution >= 4 is 0 Å². The van der Waals surface area contributed by atoms with Crippen molar-refractivity contribution in [2.75, 3.05) is 0 Å². The summed E-state index contributed by atoms with van der Waals surface area (Å²) in [6, 6.07) is 0. The molecule has 1 atom stereocenters. The third kappa shape index (κ3) is 1.00. The Balaban J connectivity index is 2.50. The van der Waals surface area contributed by atoms with Crippen molar-refractivity contribution in [3.63, 3.8) is 0 Å². The van der Waals surface area contributed by atoms with Crippen LogP contribution in [0.4, 0.5) is 0 Å². The molecule has 3 heteroatoms. The van der Waals surface area contributed by atoms with E-state index in [0.29, 0.717) is 0 Å². The highest BCUT2D eigenvalue weighted by atomic mass is 16.1. The van der Waals surface area contributed by atoms with Gasteiger partial charge >= 0.3 is 0 Å².